The molecule has 39 heteroatoms. The number of primary amides is 2. The van der Waals surface area contributed by atoms with Gasteiger partial charge in [0, 0.05) is 182 Å². The summed E-state index contributed by atoms with van der Waals surface area (Å²) < 4.78 is 16.8. The van der Waals surface area contributed by atoms with Gasteiger partial charge >= 0.3 is 0 Å². The number of amides is 2. The smallest absolute Gasteiger partial charge is 0.293 e. The summed E-state index contributed by atoms with van der Waals surface area (Å²) in [7, 11) is 18.4. The van der Waals surface area contributed by atoms with Gasteiger partial charge in [-0.3, -0.25) is 76.3 Å². The number of likely N-dealkylation sites (tertiary alicyclic amines) is 2. The van der Waals surface area contributed by atoms with E-state index in [0.717, 1.165) is 123 Å². The number of carbonyl (C=O) groups is 2. The minimum atomic E-state index is -0.831. The number of nitrogens with zero attached hydrogens (tertiary/aromatic N) is 17. The van der Waals surface area contributed by atoms with E-state index < -0.39 is 16.7 Å². The molecule has 16 aromatic rings. The highest BCUT2D eigenvalue weighted by Gasteiger charge is 2.23. The normalized spacial score (nSPS) is 13.0. The van der Waals surface area contributed by atoms with Crippen LogP contribution in [0.25, 0.3) is 86.7 Å². The van der Waals surface area contributed by atoms with E-state index in [1.165, 1.54) is 117 Å². The average molecular weight is 1970 g/mol. The van der Waals surface area contributed by atoms with E-state index in [1.807, 2.05) is 100 Å². The molecule has 8 aromatic heterocycles. The van der Waals surface area contributed by atoms with E-state index in [-0.39, 0.29) is 61.6 Å². The molecule has 2 saturated heterocycles. The number of aryl methyl sites for hydroxylation is 7. The molecule has 2 amide bonds. The van der Waals surface area contributed by atoms with E-state index in [2.05, 4.69) is 72.7 Å². The fourth-order valence-corrected chi connectivity index (χ4v) is 17.5. The monoisotopic (exact) mass is 1970 g/mol. The molecule has 0 aliphatic carbocycles. The lowest BCUT2D eigenvalue weighted by Gasteiger charge is -2.26. The Morgan fingerprint density at radius 2 is 0.883 bits per heavy atom. The number of aromatic hydroxyl groups is 1. The van der Waals surface area contributed by atoms with Crippen molar-refractivity contribution in [3.8, 4) is 11.8 Å². The summed E-state index contributed by atoms with van der Waals surface area (Å²) in [5.41, 5.74) is 21.0. The van der Waals surface area contributed by atoms with Crippen molar-refractivity contribution in [2.24, 2.45) is 72.8 Å². The fourth-order valence-electron chi connectivity index (χ4n) is 17.5. The van der Waals surface area contributed by atoms with Crippen molar-refractivity contribution in [3.05, 3.63) is 308 Å². The zero-order valence-electron chi connectivity index (χ0n) is 84.0. The minimum absolute atomic E-state index is 0.0167. The molecule has 11 N–H and O–H groups in total. The van der Waals surface area contributed by atoms with Gasteiger partial charge in [0.1, 0.15) is 36.0 Å². The number of anilines is 6. The van der Waals surface area contributed by atoms with Crippen LogP contribution in [0.3, 0.4) is 0 Å². The van der Waals surface area contributed by atoms with Crippen LogP contribution in [0.15, 0.2) is 208 Å². The van der Waals surface area contributed by atoms with E-state index in [1.54, 1.807) is 161 Å². The predicted molar refractivity (Wildman–Crippen MR) is 574 cm³/mol. The van der Waals surface area contributed by atoms with Crippen LogP contribution in [-0.2, 0) is 67.5 Å². The summed E-state index contributed by atoms with van der Waals surface area (Å²) >= 11 is 0. The number of aromatic nitrogens is 12. The van der Waals surface area contributed by atoms with Crippen molar-refractivity contribution < 1.29 is 24.4 Å². The summed E-state index contributed by atoms with van der Waals surface area (Å²) in [5.74, 6) is 1.94. The van der Waals surface area contributed by atoms with Crippen LogP contribution in [0.2, 0.25) is 0 Å². The summed E-state index contributed by atoms with van der Waals surface area (Å²) in [5, 5.41) is 55.3. The van der Waals surface area contributed by atoms with Crippen molar-refractivity contribution in [3.63, 3.8) is 0 Å². The zero-order valence-corrected chi connectivity index (χ0v) is 84.0. The van der Waals surface area contributed by atoms with Gasteiger partial charge in [-0.15, -0.1) is 0 Å². The molecule has 2 fully saturated rings. The first-order valence-electron chi connectivity index (χ1n) is 47.6. The number of nitrogens with one attached hydrogen (secondary N) is 6. The third-order valence-corrected chi connectivity index (χ3v) is 26.1. The van der Waals surface area contributed by atoms with Crippen LogP contribution in [0.1, 0.15) is 106 Å². The van der Waals surface area contributed by atoms with Crippen molar-refractivity contribution in [1.82, 2.24) is 66.3 Å². The summed E-state index contributed by atoms with van der Waals surface area (Å²) in [4.78, 5) is 156. The minimum Gasteiger partial charge on any atom is -0.505 e. The molecule has 0 saturated carbocycles. The highest BCUT2D eigenvalue weighted by molar-refractivity contribution is 6.07. The van der Waals surface area contributed by atoms with Crippen LogP contribution in [-0.4, -0.2) is 187 Å². The average Bonchev–Trinajstić information content (AvgIpc) is 1.46. The number of aliphatic imine (C=N–C) groups is 1. The number of nitriles is 1. The maximum atomic E-state index is 12.2. The van der Waals surface area contributed by atoms with Gasteiger partial charge in [-0.25, -0.2) is 24.9 Å². The van der Waals surface area contributed by atoms with Gasteiger partial charge in [-0.05, 0) is 239 Å². The molecule has 20 rings (SSSR count). The summed E-state index contributed by atoms with van der Waals surface area (Å²) in [6.07, 6.45) is 14.3. The molecule has 12 heterocycles. The molecular weight excluding hydrogens is 1850 g/mol. The Bertz CT molecular complexity index is 8180. The van der Waals surface area contributed by atoms with Gasteiger partial charge in [-0.1, -0.05) is 24.6 Å². The first-order chi connectivity index (χ1) is 69.4. The Hall–Kier alpha value is -17.0. The van der Waals surface area contributed by atoms with Gasteiger partial charge < -0.3 is 81.3 Å². The molecule has 754 valence electrons. The highest BCUT2D eigenvalue weighted by Crippen LogP contribution is 2.31. The number of hydrogen-bond acceptors (Lipinski definition) is 28. The molecule has 8 aromatic carbocycles. The second kappa shape index (κ2) is 47.0. The number of piperidine rings is 1. The van der Waals surface area contributed by atoms with E-state index in [4.69, 9.17) is 21.5 Å². The fraction of sp³-hybridized carbons (Fsp3) is 0.321. The van der Waals surface area contributed by atoms with Gasteiger partial charge in [0.15, 0.2) is 11.4 Å². The van der Waals surface area contributed by atoms with Gasteiger partial charge in [0.2, 0.25) is 5.90 Å². The second-order valence-electron chi connectivity index (χ2n) is 35.6. The number of pyridine rings is 4. The van der Waals surface area contributed by atoms with Crippen LogP contribution < -0.4 is 87.8 Å². The highest BCUT2D eigenvalue weighted by atomic mass is 16.6. The number of rotatable bonds is 17. The number of ether oxygens (including phenoxy) is 1. The van der Waals surface area contributed by atoms with Gasteiger partial charge in [0.25, 0.3) is 62.0 Å². The molecule has 4 aliphatic rings. The van der Waals surface area contributed by atoms with Crippen LogP contribution >= 0.6 is 0 Å². The molecule has 4 aliphatic heterocycles. The van der Waals surface area contributed by atoms with Crippen LogP contribution in [0.5, 0.6) is 5.75 Å². The van der Waals surface area contributed by atoms with Gasteiger partial charge in [0.05, 0.1) is 88.6 Å². The molecular formula is C106H121N25O14. The third-order valence-electron chi connectivity index (χ3n) is 26.1. The molecule has 39 nitrogen and oxygen atoms in total. The molecule has 145 heavy (non-hydrogen) atoms. The number of benzene rings is 8. The van der Waals surface area contributed by atoms with E-state index >= 15 is 0 Å². The predicted octanol–water partition coefficient (Wildman–Crippen LogP) is 10.9. The molecule has 0 bridgehead atoms. The topological polar surface area (TPSA) is 501 Å². The lowest BCUT2D eigenvalue weighted by atomic mass is 10.1. The Morgan fingerprint density at radius 1 is 0.469 bits per heavy atom. The number of nitrogens with two attached hydrogens (primary N) is 2. The first kappa shape index (κ1) is 105. The number of fused-ring (bicyclic) bond motifs is 10. The maximum absolute atomic E-state index is 12.2. The summed E-state index contributed by atoms with van der Waals surface area (Å²) in [6.45, 7) is 18.9. The second-order valence-corrected chi connectivity index (χ2v) is 35.6. The Balaban J connectivity index is 0.000000139. The molecule has 0 atom stereocenters. The Kier molecular flexibility index (Phi) is 34.2. The van der Waals surface area contributed by atoms with Crippen molar-refractivity contribution >= 4 is 144 Å². The molecule has 0 spiro atoms. The van der Waals surface area contributed by atoms with Crippen molar-refractivity contribution in [2.45, 2.75) is 79.1 Å². The lowest BCUT2D eigenvalue weighted by molar-refractivity contribution is -0.383. The molecule has 0 radical (unpaired) electrons. The van der Waals surface area contributed by atoms with Crippen LogP contribution in [0.4, 0.5) is 39.8 Å². The largest absolute Gasteiger partial charge is 0.505 e. The quantitative estimate of drug-likeness (QED) is 0.0232. The van der Waals surface area contributed by atoms with E-state index in [0.29, 0.717) is 101 Å². The van der Waals surface area contributed by atoms with E-state index in [9.17, 15) is 63.2 Å². The number of carbonyl (C=O) groups excluding carboxylic acids is 2. The lowest BCUT2D eigenvalue weighted by Crippen LogP contribution is -2.31. The molecule has 0 unspecified atom stereocenters. The number of hydrogen-bond donors (Lipinski definition) is 9. The van der Waals surface area contributed by atoms with Gasteiger partial charge in [-0.2, -0.15) is 5.26 Å². The standard InChI is InChI=1S/C18H26N4O.C17H24N4O.C13H13N3O2.C12H13N3O2.C12H13N3O.C12H11N3O.C11H11N3O3.C11H10N2O3/c1-14-20-17-13-15(7-8-16(17)18(23)21(14)2)19-9-6-12-22-10-4-3-5-11-22;1-13-19-16-12-14(6-7-15(16)17(22)20(13)2)18-8-5-11-21-9-3-4-10-21;1-8-15-11-7-9(12-14-5-6-18-12)3-4-10(11)13(17)16(8)2;1-14-7-3-4-8-9(5-7)10(11(13)16)6-15(2)12(8)17;1-7-14-11-8-5-6-13-10(8)4-3-9(11)12(16)15(7)2;1-14-9-3-4-10-11(5-9)8(6-13)7-15(2)12(10)16;1-12-7-3-4-8-9(5-7)10(14(16)17)6-13(2)11(8)15;1-13-8(10(12)15)9(14)6-4-2-3-5-7(6)11(13)16/h7-8,13,19H,3-6,9-12H2,1-2H3;6-7,12,18H,3-5,8-11H2,1-2H3;3-4,7H,5-6H2,1-2H3;3-6,14H,1-2H3,(H2,13,16);3-4,13H,5-6H2,1-2H3;3-5,7,14H,1-2H3;3-6,12H,1-2H3;2-5,14H,1H3,(H2,12,15). The van der Waals surface area contributed by atoms with Crippen molar-refractivity contribution in [1.29, 1.82) is 5.26 Å². The van der Waals surface area contributed by atoms with Crippen LogP contribution in [0, 0.1) is 49.1 Å². The maximum Gasteiger partial charge on any atom is 0.293 e. The number of nitro groups is 1. The summed E-state index contributed by atoms with van der Waals surface area (Å²) in [6, 6.07) is 45.1. The van der Waals surface area contributed by atoms with Crippen molar-refractivity contribution in [2.75, 3.05) is 125 Å². The SMILES string of the molecule is CNc1ccc2c(=O)n(C)cc(C#N)c2c1.CNc1ccc2c(=O)n(C)cc(C(N)=O)c2c1.CNc1ccc2c(=O)n(C)cc([N+](=O)[O-])c2c1.Cc1nc2c3c(ccc2c(=O)n1C)NCC3.Cc1nc2cc(C3=NCCO3)ccc2c(=O)n1C.Cc1nc2cc(NCCCN3CCCC3)ccc2c(=O)n1C.Cc1nc2cc(NCCCN3CCCCC3)ccc2c(=O)n1C.Cn1c(C(N)=O)c(O)c2ccccc2c1=O. The first-order valence-corrected chi connectivity index (χ1v) is 47.6. The zero-order chi connectivity index (χ0) is 104. The Morgan fingerprint density at radius 3 is 1.37 bits per heavy atom. The Labute approximate surface area is 832 Å². The third kappa shape index (κ3) is 24.1.